The van der Waals surface area contributed by atoms with Gasteiger partial charge in [0.1, 0.15) is 18.5 Å². The molecule has 1 aromatic carbocycles. The number of ether oxygens (including phenoxy) is 1. The Labute approximate surface area is 121 Å². The number of hydrogen-bond donors (Lipinski definition) is 2. The largest absolute Gasteiger partial charge is 0.489 e. The Balaban J connectivity index is 1.71. The van der Waals surface area contributed by atoms with E-state index in [1.807, 2.05) is 18.2 Å². The summed E-state index contributed by atoms with van der Waals surface area (Å²) < 4.78 is 5.58. The van der Waals surface area contributed by atoms with E-state index in [2.05, 4.69) is 11.8 Å². The fraction of sp³-hybridized carbons (Fsp3) is 0.625. The van der Waals surface area contributed by atoms with E-state index in [4.69, 9.17) is 10.5 Å². The van der Waals surface area contributed by atoms with Crippen LogP contribution in [0.15, 0.2) is 24.3 Å². The van der Waals surface area contributed by atoms with Gasteiger partial charge < -0.3 is 20.5 Å². The summed E-state index contributed by atoms with van der Waals surface area (Å²) in [7, 11) is 0. The van der Waals surface area contributed by atoms with Gasteiger partial charge in [0.15, 0.2) is 0 Å². The van der Waals surface area contributed by atoms with Crippen molar-refractivity contribution < 1.29 is 9.84 Å². The zero-order valence-electron chi connectivity index (χ0n) is 12.3. The molecule has 1 aliphatic heterocycles. The van der Waals surface area contributed by atoms with Gasteiger partial charge in [-0.25, -0.2) is 0 Å². The summed E-state index contributed by atoms with van der Waals surface area (Å²) in [5.41, 5.74) is 6.42. The van der Waals surface area contributed by atoms with Crippen molar-refractivity contribution in [1.82, 2.24) is 4.90 Å². The molecule has 1 aliphatic rings. The lowest BCUT2D eigenvalue weighted by atomic mass is 10.0. The lowest BCUT2D eigenvalue weighted by molar-refractivity contribution is 0.0749. The van der Waals surface area contributed by atoms with E-state index in [-0.39, 0.29) is 0 Å². The third kappa shape index (κ3) is 4.39. The standard InChI is InChI=1S/C16H26N2O2/c1-2-5-13-8-9-18(10-13)11-14(19)12-20-16-7-4-3-6-15(16)17/h3-4,6-7,13-14,19H,2,5,8-12,17H2,1H3. The van der Waals surface area contributed by atoms with Crippen molar-refractivity contribution in [3.05, 3.63) is 24.3 Å². The number of β-amino-alcohol motifs (C(OH)–C–C–N with tert-alkyl or cyclic N) is 1. The molecule has 0 aromatic heterocycles. The number of aliphatic hydroxyl groups is 1. The first kappa shape index (κ1) is 15.1. The van der Waals surface area contributed by atoms with Crippen LogP contribution in [-0.4, -0.2) is 42.4 Å². The quantitative estimate of drug-likeness (QED) is 0.750. The fourth-order valence-electron chi connectivity index (χ4n) is 2.87. The second kappa shape index (κ2) is 7.50. The van der Waals surface area contributed by atoms with Crippen LogP contribution in [0.1, 0.15) is 26.2 Å². The van der Waals surface area contributed by atoms with Gasteiger partial charge in [-0.05, 0) is 37.4 Å². The molecule has 4 nitrogen and oxygen atoms in total. The van der Waals surface area contributed by atoms with Crippen molar-refractivity contribution in [1.29, 1.82) is 0 Å². The van der Waals surface area contributed by atoms with Crippen molar-refractivity contribution in [2.75, 3.05) is 32.0 Å². The number of rotatable bonds is 7. The first-order chi connectivity index (χ1) is 9.69. The van der Waals surface area contributed by atoms with E-state index in [0.29, 0.717) is 24.6 Å². The van der Waals surface area contributed by atoms with Crippen molar-refractivity contribution >= 4 is 5.69 Å². The van der Waals surface area contributed by atoms with Crippen molar-refractivity contribution in [2.24, 2.45) is 5.92 Å². The van der Waals surface area contributed by atoms with Gasteiger partial charge in [0, 0.05) is 13.1 Å². The van der Waals surface area contributed by atoms with Gasteiger partial charge in [0.25, 0.3) is 0 Å². The van der Waals surface area contributed by atoms with Crippen molar-refractivity contribution in [2.45, 2.75) is 32.3 Å². The molecule has 1 fully saturated rings. The lowest BCUT2D eigenvalue weighted by Gasteiger charge is -2.20. The van der Waals surface area contributed by atoms with Crippen LogP contribution in [0.4, 0.5) is 5.69 Å². The highest BCUT2D eigenvalue weighted by Crippen LogP contribution is 2.22. The summed E-state index contributed by atoms with van der Waals surface area (Å²) in [6, 6.07) is 7.39. The molecule has 0 radical (unpaired) electrons. The Hall–Kier alpha value is -1.26. The first-order valence-corrected chi connectivity index (χ1v) is 7.56. The number of likely N-dealkylation sites (tertiary alicyclic amines) is 1. The smallest absolute Gasteiger partial charge is 0.142 e. The zero-order valence-corrected chi connectivity index (χ0v) is 12.3. The number of nitrogens with two attached hydrogens (primary N) is 1. The van der Waals surface area contributed by atoms with E-state index < -0.39 is 6.10 Å². The van der Waals surface area contributed by atoms with E-state index >= 15 is 0 Å². The van der Waals surface area contributed by atoms with Gasteiger partial charge >= 0.3 is 0 Å². The fourth-order valence-corrected chi connectivity index (χ4v) is 2.87. The van der Waals surface area contributed by atoms with E-state index in [1.54, 1.807) is 6.07 Å². The molecule has 4 heteroatoms. The summed E-state index contributed by atoms with van der Waals surface area (Å²) in [6.45, 7) is 5.42. The highest BCUT2D eigenvalue weighted by molar-refractivity contribution is 5.51. The maximum atomic E-state index is 10.1. The van der Waals surface area contributed by atoms with Crippen LogP contribution in [0.3, 0.4) is 0 Å². The lowest BCUT2D eigenvalue weighted by Crippen LogP contribution is -2.34. The van der Waals surface area contributed by atoms with Crippen molar-refractivity contribution in [3.63, 3.8) is 0 Å². The monoisotopic (exact) mass is 278 g/mol. The summed E-state index contributed by atoms with van der Waals surface area (Å²) in [5.74, 6) is 1.45. The minimum absolute atomic E-state index is 0.295. The van der Waals surface area contributed by atoms with Gasteiger partial charge in [-0.2, -0.15) is 0 Å². The number of hydrogen-bond acceptors (Lipinski definition) is 4. The number of nitrogen functional groups attached to an aromatic ring is 1. The highest BCUT2D eigenvalue weighted by Gasteiger charge is 2.23. The summed E-state index contributed by atoms with van der Waals surface area (Å²) >= 11 is 0. The molecule has 0 saturated carbocycles. The number of nitrogens with zero attached hydrogens (tertiary/aromatic N) is 1. The Kier molecular flexibility index (Phi) is 5.68. The molecule has 0 aliphatic carbocycles. The number of anilines is 1. The van der Waals surface area contributed by atoms with E-state index in [1.165, 1.54) is 19.3 Å². The zero-order chi connectivity index (χ0) is 14.4. The maximum absolute atomic E-state index is 10.1. The topological polar surface area (TPSA) is 58.7 Å². The third-order valence-electron chi connectivity index (χ3n) is 3.89. The molecular formula is C16H26N2O2. The van der Waals surface area contributed by atoms with Gasteiger partial charge in [0.2, 0.25) is 0 Å². The summed E-state index contributed by atoms with van der Waals surface area (Å²) in [6.07, 6.45) is 3.34. The minimum Gasteiger partial charge on any atom is -0.489 e. The van der Waals surface area contributed by atoms with E-state index in [9.17, 15) is 5.11 Å². The number of benzene rings is 1. The molecule has 2 unspecified atom stereocenters. The molecule has 0 bridgehead atoms. The third-order valence-corrected chi connectivity index (χ3v) is 3.89. The van der Waals surface area contributed by atoms with Gasteiger partial charge in [-0.1, -0.05) is 25.5 Å². The Morgan fingerprint density at radius 1 is 1.45 bits per heavy atom. The molecule has 2 atom stereocenters. The number of para-hydroxylation sites is 2. The maximum Gasteiger partial charge on any atom is 0.142 e. The van der Waals surface area contributed by atoms with Crippen LogP contribution < -0.4 is 10.5 Å². The molecule has 1 aromatic rings. The summed E-state index contributed by atoms with van der Waals surface area (Å²) in [5, 5.41) is 10.1. The van der Waals surface area contributed by atoms with Crippen LogP contribution in [0.5, 0.6) is 5.75 Å². The highest BCUT2D eigenvalue weighted by atomic mass is 16.5. The van der Waals surface area contributed by atoms with Crippen LogP contribution >= 0.6 is 0 Å². The summed E-state index contributed by atoms with van der Waals surface area (Å²) in [4.78, 5) is 2.34. The molecule has 0 amide bonds. The first-order valence-electron chi connectivity index (χ1n) is 7.56. The van der Waals surface area contributed by atoms with Gasteiger partial charge in [-0.15, -0.1) is 0 Å². The number of aliphatic hydroxyl groups excluding tert-OH is 1. The molecule has 2 rings (SSSR count). The molecule has 1 heterocycles. The van der Waals surface area contributed by atoms with E-state index in [0.717, 1.165) is 19.0 Å². The molecule has 3 N–H and O–H groups in total. The van der Waals surface area contributed by atoms with Gasteiger partial charge in [-0.3, -0.25) is 0 Å². The average Bonchev–Trinajstić information content (AvgIpc) is 2.85. The second-order valence-electron chi connectivity index (χ2n) is 5.71. The van der Waals surface area contributed by atoms with Crippen LogP contribution in [0.25, 0.3) is 0 Å². The predicted molar refractivity (Wildman–Crippen MR) is 81.8 cm³/mol. The van der Waals surface area contributed by atoms with Crippen LogP contribution in [0.2, 0.25) is 0 Å². The molecule has 112 valence electrons. The van der Waals surface area contributed by atoms with Crippen LogP contribution in [0, 0.1) is 5.92 Å². The Morgan fingerprint density at radius 2 is 2.25 bits per heavy atom. The molecule has 0 spiro atoms. The Morgan fingerprint density at radius 3 is 3.00 bits per heavy atom. The van der Waals surface area contributed by atoms with Crippen molar-refractivity contribution in [3.8, 4) is 5.75 Å². The molecular weight excluding hydrogens is 252 g/mol. The normalized spacial score (nSPS) is 21.0. The predicted octanol–water partition coefficient (Wildman–Crippen LogP) is 2.13. The van der Waals surface area contributed by atoms with Gasteiger partial charge in [0.05, 0.1) is 5.69 Å². The molecule has 1 saturated heterocycles. The SMILES string of the molecule is CCCC1CCN(CC(O)COc2ccccc2N)C1. The second-order valence-corrected chi connectivity index (χ2v) is 5.71. The average molecular weight is 278 g/mol. The van der Waals surface area contributed by atoms with Crippen LogP contribution in [-0.2, 0) is 0 Å². The Bertz CT molecular complexity index is 411. The molecule has 20 heavy (non-hydrogen) atoms. The minimum atomic E-state index is -0.463.